The fraction of sp³-hybridized carbons (Fsp3) is 0.538. The van der Waals surface area contributed by atoms with Crippen LogP contribution in [0.15, 0.2) is 11.1 Å². The molecular formula is C13H17N3O2S. The van der Waals surface area contributed by atoms with Crippen molar-refractivity contribution >= 4 is 21.6 Å². The largest absolute Gasteiger partial charge is 0.394 e. The number of fused-ring (bicyclic) bond motifs is 3. The third kappa shape index (κ3) is 2.00. The molecule has 1 N–H and O–H groups in total. The molecule has 0 amide bonds. The van der Waals surface area contributed by atoms with Crippen molar-refractivity contribution in [3.63, 3.8) is 0 Å². The molecule has 0 spiro atoms. The molecule has 0 saturated carbocycles. The normalized spacial score (nSPS) is 17.6. The molecule has 0 bridgehead atoms. The van der Waals surface area contributed by atoms with Crippen LogP contribution in [0.1, 0.15) is 23.4 Å². The minimum atomic E-state index is -0.230. The molecule has 1 aliphatic heterocycles. The lowest BCUT2D eigenvalue weighted by Crippen LogP contribution is -2.28. The van der Waals surface area contributed by atoms with Crippen LogP contribution in [0.5, 0.6) is 0 Å². The first-order valence-corrected chi connectivity index (χ1v) is 7.24. The summed E-state index contributed by atoms with van der Waals surface area (Å²) in [5, 5.41) is 9.98. The third-order valence-electron chi connectivity index (χ3n) is 3.72. The van der Waals surface area contributed by atoms with Crippen LogP contribution in [0.2, 0.25) is 0 Å². The smallest absolute Gasteiger partial charge is 0.262 e. The van der Waals surface area contributed by atoms with E-state index in [0.29, 0.717) is 0 Å². The van der Waals surface area contributed by atoms with Crippen LogP contribution in [-0.4, -0.2) is 39.8 Å². The van der Waals surface area contributed by atoms with Gasteiger partial charge in [-0.15, -0.1) is 11.3 Å². The van der Waals surface area contributed by atoms with Crippen molar-refractivity contribution in [2.45, 2.75) is 25.9 Å². The first-order chi connectivity index (χ1) is 9.11. The predicted octanol–water partition coefficient (Wildman–Crippen LogP) is 0.999. The maximum absolute atomic E-state index is 12.5. The highest BCUT2D eigenvalue weighted by Crippen LogP contribution is 2.31. The van der Waals surface area contributed by atoms with Crippen molar-refractivity contribution in [1.82, 2.24) is 14.5 Å². The number of rotatable bonds is 2. The average molecular weight is 279 g/mol. The second kappa shape index (κ2) is 4.70. The van der Waals surface area contributed by atoms with Crippen LogP contribution in [-0.2, 0) is 13.0 Å². The molecule has 2 aromatic heterocycles. The summed E-state index contributed by atoms with van der Waals surface area (Å²) in [6.45, 7) is 3.64. The average Bonchev–Trinajstić information content (AvgIpc) is 2.76. The summed E-state index contributed by atoms with van der Waals surface area (Å²) >= 11 is 1.62. The Hall–Kier alpha value is -1.24. The molecule has 1 unspecified atom stereocenters. The fourth-order valence-electron chi connectivity index (χ4n) is 2.53. The van der Waals surface area contributed by atoms with E-state index in [2.05, 4.69) is 16.9 Å². The maximum atomic E-state index is 12.5. The van der Waals surface area contributed by atoms with Crippen molar-refractivity contribution in [2.75, 3.05) is 20.2 Å². The molecular weight excluding hydrogens is 262 g/mol. The van der Waals surface area contributed by atoms with Gasteiger partial charge in [-0.1, -0.05) is 0 Å². The predicted molar refractivity (Wildman–Crippen MR) is 75.7 cm³/mol. The summed E-state index contributed by atoms with van der Waals surface area (Å²) in [6.07, 6.45) is 2.46. The quantitative estimate of drug-likeness (QED) is 0.891. The Labute approximate surface area is 115 Å². The zero-order valence-corrected chi connectivity index (χ0v) is 11.9. The van der Waals surface area contributed by atoms with Gasteiger partial charge in [0.25, 0.3) is 5.56 Å². The zero-order chi connectivity index (χ0) is 13.6. The van der Waals surface area contributed by atoms with Gasteiger partial charge in [-0.3, -0.25) is 9.36 Å². The number of nitrogens with zero attached hydrogens (tertiary/aromatic N) is 3. The van der Waals surface area contributed by atoms with Crippen molar-refractivity contribution in [2.24, 2.45) is 0 Å². The van der Waals surface area contributed by atoms with Crippen LogP contribution >= 0.6 is 11.3 Å². The van der Waals surface area contributed by atoms with E-state index in [9.17, 15) is 9.90 Å². The van der Waals surface area contributed by atoms with Gasteiger partial charge in [0, 0.05) is 18.0 Å². The monoisotopic (exact) mass is 279 g/mol. The molecule has 19 heavy (non-hydrogen) atoms. The SMILES string of the molecule is CC(CO)n1cnc2sc3c(c2c1=O)CCN(C)C3. The highest BCUT2D eigenvalue weighted by molar-refractivity contribution is 7.18. The Morgan fingerprint density at radius 2 is 2.37 bits per heavy atom. The molecule has 3 rings (SSSR count). The second-order valence-corrected chi connectivity index (χ2v) is 6.24. The van der Waals surface area contributed by atoms with Gasteiger partial charge in [-0.05, 0) is 26.0 Å². The Bertz CT molecular complexity index is 676. The van der Waals surface area contributed by atoms with Gasteiger partial charge in [0.05, 0.1) is 24.4 Å². The first kappa shape index (κ1) is 12.8. The van der Waals surface area contributed by atoms with Crippen molar-refractivity contribution in [1.29, 1.82) is 0 Å². The topological polar surface area (TPSA) is 58.4 Å². The van der Waals surface area contributed by atoms with Crippen molar-refractivity contribution in [3.8, 4) is 0 Å². The summed E-state index contributed by atoms with van der Waals surface area (Å²) in [7, 11) is 2.09. The van der Waals surface area contributed by atoms with Gasteiger partial charge in [0.1, 0.15) is 4.83 Å². The first-order valence-electron chi connectivity index (χ1n) is 6.42. The van der Waals surface area contributed by atoms with E-state index in [4.69, 9.17) is 0 Å². The van der Waals surface area contributed by atoms with E-state index in [0.717, 1.165) is 35.3 Å². The highest BCUT2D eigenvalue weighted by atomic mass is 32.1. The number of aliphatic hydroxyl groups is 1. The molecule has 6 heteroatoms. The standard InChI is InChI=1S/C13H17N3O2S/c1-8(6-17)16-7-14-12-11(13(16)18)9-3-4-15(2)5-10(9)19-12/h7-8,17H,3-6H2,1-2H3. The van der Waals surface area contributed by atoms with Gasteiger partial charge >= 0.3 is 0 Å². The summed E-state index contributed by atoms with van der Waals surface area (Å²) in [4.78, 5) is 21.3. The van der Waals surface area contributed by atoms with Gasteiger partial charge in [-0.25, -0.2) is 4.98 Å². The van der Waals surface area contributed by atoms with Gasteiger partial charge in [0.2, 0.25) is 0 Å². The summed E-state index contributed by atoms with van der Waals surface area (Å²) in [5.41, 5.74) is 1.14. The molecule has 0 aromatic carbocycles. The summed E-state index contributed by atoms with van der Waals surface area (Å²) < 4.78 is 1.54. The third-order valence-corrected chi connectivity index (χ3v) is 4.84. The number of thiophene rings is 1. The van der Waals surface area contributed by atoms with Gasteiger partial charge in [0.15, 0.2) is 0 Å². The van der Waals surface area contributed by atoms with Crippen LogP contribution in [0.3, 0.4) is 0 Å². The van der Waals surface area contributed by atoms with Crippen molar-refractivity contribution < 1.29 is 5.11 Å². The molecule has 0 saturated heterocycles. The lowest BCUT2D eigenvalue weighted by atomic mass is 10.1. The molecule has 1 aliphatic rings. The molecule has 1 atom stereocenters. The molecule has 3 heterocycles. The number of likely N-dealkylation sites (N-methyl/N-ethyl adjacent to an activating group) is 1. The Morgan fingerprint density at radius 1 is 1.58 bits per heavy atom. The minimum Gasteiger partial charge on any atom is -0.394 e. The molecule has 5 nitrogen and oxygen atoms in total. The van der Waals surface area contributed by atoms with E-state index in [1.165, 1.54) is 9.44 Å². The van der Waals surface area contributed by atoms with Crippen LogP contribution in [0, 0.1) is 0 Å². The lowest BCUT2D eigenvalue weighted by molar-refractivity contribution is 0.236. The fourth-order valence-corrected chi connectivity index (χ4v) is 3.78. The summed E-state index contributed by atoms with van der Waals surface area (Å²) in [5.74, 6) is 0. The Kier molecular flexibility index (Phi) is 3.16. The highest BCUT2D eigenvalue weighted by Gasteiger charge is 2.22. The van der Waals surface area contributed by atoms with E-state index in [1.807, 2.05) is 6.92 Å². The van der Waals surface area contributed by atoms with E-state index >= 15 is 0 Å². The summed E-state index contributed by atoms with van der Waals surface area (Å²) in [6, 6.07) is -0.230. The van der Waals surface area contributed by atoms with Crippen LogP contribution in [0.4, 0.5) is 0 Å². The van der Waals surface area contributed by atoms with Crippen LogP contribution in [0.25, 0.3) is 10.2 Å². The minimum absolute atomic E-state index is 0.0198. The molecule has 102 valence electrons. The van der Waals surface area contributed by atoms with Crippen LogP contribution < -0.4 is 5.56 Å². The van der Waals surface area contributed by atoms with Gasteiger partial charge in [-0.2, -0.15) is 0 Å². The molecule has 0 radical (unpaired) electrons. The lowest BCUT2D eigenvalue weighted by Gasteiger charge is -2.21. The zero-order valence-electron chi connectivity index (χ0n) is 11.1. The molecule has 0 aliphatic carbocycles. The number of hydrogen-bond donors (Lipinski definition) is 1. The van der Waals surface area contributed by atoms with Crippen molar-refractivity contribution in [3.05, 3.63) is 27.1 Å². The molecule has 0 fully saturated rings. The van der Waals surface area contributed by atoms with Gasteiger partial charge < -0.3 is 10.0 Å². The number of aromatic nitrogens is 2. The van der Waals surface area contributed by atoms with E-state index in [1.54, 1.807) is 17.7 Å². The van der Waals surface area contributed by atoms with E-state index < -0.39 is 0 Å². The Morgan fingerprint density at radius 3 is 3.11 bits per heavy atom. The molecule has 2 aromatic rings. The second-order valence-electron chi connectivity index (χ2n) is 5.16. The maximum Gasteiger partial charge on any atom is 0.262 e. The number of aliphatic hydroxyl groups excluding tert-OH is 1. The van der Waals surface area contributed by atoms with E-state index in [-0.39, 0.29) is 18.2 Å². The number of hydrogen-bond acceptors (Lipinski definition) is 5. The Balaban J connectivity index is 2.23.